The number of benzene rings is 1. The summed E-state index contributed by atoms with van der Waals surface area (Å²) in [6.45, 7) is 3.44. The molecule has 96 valence electrons. The molecule has 18 heavy (non-hydrogen) atoms. The maximum absolute atomic E-state index is 5.89. The Morgan fingerprint density at radius 1 is 1.39 bits per heavy atom. The molecule has 1 unspecified atom stereocenters. The van der Waals surface area contributed by atoms with Crippen molar-refractivity contribution in [3.05, 3.63) is 30.1 Å². The van der Waals surface area contributed by atoms with Gasteiger partial charge in [-0.2, -0.15) is 0 Å². The first-order valence-corrected chi connectivity index (χ1v) is 7.33. The highest BCUT2D eigenvalue weighted by atomic mass is 35.5. The van der Waals surface area contributed by atoms with Crippen molar-refractivity contribution in [3.63, 3.8) is 0 Å². The summed E-state index contributed by atoms with van der Waals surface area (Å²) in [5, 5.41) is 0. The summed E-state index contributed by atoms with van der Waals surface area (Å²) in [4.78, 5) is 4.71. The van der Waals surface area contributed by atoms with E-state index < -0.39 is 0 Å². The first kappa shape index (κ1) is 12.0. The Hall–Kier alpha value is -1.02. The van der Waals surface area contributed by atoms with Crippen LogP contribution in [0.4, 0.5) is 0 Å². The molecule has 1 atom stereocenters. The zero-order valence-electron chi connectivity index (χ0n) is 10.8. The van der Waals surface area contributed by atoms with Crippen LogP contribution in [-0.2, 0) is 13.0 Å². The second-order valence-corrected chi connectivity index (χ2v) is 5.76. The molecule has 0 aliphatic heterocycles. The normalized spacial score (nSPS) is 17.2. The van der Waals surface area contributed by atoms with Gasteiger partial charge >= 0.3 is 0 Å². The molecule has 2 aromatic rings. The number of rotatable bonds is 5. The number of fused-ring (bicyclic) bond motifs is 1. The van der Waals surface area contributed by atoms with Gasteiger partial charge in [-0.1, -0.05) is 19.1 Å². The van der Waals surface area contributed by atoms with Crippen LogP contribution in [0.2, 0.25) is 0 Å². The van der Waals surface area contributed by atoms with E-state index in [9.17, 15) is 0 Å². The van der Waals surface area contributed by atoms with Gasteiger partial charge in [-0.05, 0) is 36.8 Å². The average Bonchev–Trinajstić information content (AvgIpc) is 3.16. The third-order valence-corrected chi connectivity index (χ3v) is 4.14. The number of aryl methyl sites for hydroxylation is 1. The third kappa shape index (κ3) is 2.26. The fourth-order valence-electron chi connectivity index (χ4n) is 2.71. The predicted molar refractivity (Wildman–Crippen MR) is 76.0 cm³/mol. The van der Waals surface area contributed by atoms with Crippen molar-refractivity contribution in [1.29, 1.82) is 0 Å². The maximum atomic E-state index is 5.89. The molecule has 1 fully saturated rings. The number of hydrogen-bond donors (Lipinski definition) is 0. The molecule has 1 aromatic heterocycles. The van der Waals surface area contributed by atoms with Gasteiger partial charge in [0.1, 0.15) is 5.82 Å². The molecule has 0 spiro atoms. The van der Waals surface area contributed by atoms with Crippen LogP contribution in [0.3, 0.4) is 0 Å². The van der Waals surface area contributed by atoms with E-state index in [1.165, 1.54) is 18.4 Å². The molecule has 0 amide bonds. The van der Waals surface area contributed by atoms with Crippen LogP contribution < -0.4 is 0 Å². The summed E-state index contributed by atoms with van der Waals surface area (Å²) in [5.41, 5.74) is 2.35. The monoisotopic (exact) mass is 262 g/mol. The van der Waals surface area contributed by atoms with E-state index in [-0.39, 0.29) is 0 Å². The van der Waals surface area contributed by atoms with Gasteiger partial charge in [0, 0.05) is 18.8 Å². The molecule has 0 N–H and O–H groups in total. The Kier molecular flexibility index (Phi) is 3.29. The van der Waals surface area contributed by atoms with Crippen molar-refractivity contribution in [3.8, 4) is 0 Å². The van der Waals surface area contributed by atoms with Gasteiger partial charge in [0.15, 0.2) is 0 Å². The van der Waals surface area contributed by atoms with Crippen LogP contribution in [0.5, 0.6) is 0 Å². The third-order valence-electron chi connectivity index (χ3n) is 3.95. The Morgan fingerprint density at radius 3 is 2.89 bits per heavy atom. The zero-order chi connectivity index (χ0) is 12.5. The molecule has 1 aromatic carbocycles. The van der Waals surface area contributed by atoms with Crippen molar-refractivity contribution in [1.82, 2.24) is 9.55 Å². The smallest absolute Gasteiger partial charge is 0.111 e. The molecule has 0 saturated heterocycles. The molecule has 1 saturated carbocycles. The number of para-hydroxylation sites is 2. The van der Waals surface area contributed by atoms with Gasteiger partial charge in [0.2, 0.25) is 0 Å². The quantitative estimate of drug-likeness (QED) is 0.748. The van der Waals surface area contributed by atoms with Gasteiger partial charge in [-0.15, -0.1) is 11.6 Å². The zero-order valence-corrected chi connectivity index (χ0v) is 11.5. The number of halogens is 1. The van der Waals surface area contributed by atoms with Crippen molar-refractivity contribution < 1.29 is 0 Å². The van der Waals surface area contributed by atoms with Crippen molar-refractivity contribution in [2.45, 2.75) is 32.7 Å². The lowest BCUT2D eigenvalue weighted by atomic mass is 10.1. The minimum atomic E-state index is 0.640. The van der Waals surface area contributed by atoms with Gasteiger partial charge in [-0.3, -0.25) is 0 Å². The van der Waals surface area contributed by atoms with Gasteiger partial charge < -0.3 is 4.57 Å². The summed E-state index contributed by atoms with van der Waals surface area (Å²) < 4.78 is 2.38. The summed E-state index contributed by atoms with van der Waals surface area (Å²) in [6, 6.07) is 8.40. The maximum Gasteiger partial charge on any atom is 0.111 e. The molecule has 2 nitrogen and oxygen atoms in total. The number of alkyl halides is 1. The van der Waals surface area contributed by atoms with Gasteiger partial charge in [-0.25, -0.2) is 4.98 Å². The summed E-state index contributed by atoms with van der Waals surface area (Å²) >= 11 is 5.89. The molecular formula is C15H19ClN2. The van der Waals surface area contributed by atoms with Crippen LogP contribution in [0.25, 0.3) is 11.0 Å². The molecule has 0 bridgehead atoms. The lowest BCUT2D eigenvalue weighted by Crippen LogP contribution is -2.12. The molecular weight excluding hydrogens is 244 g/mol. The van der Waals surface area contributed by atoms with Crippen molar-refractivity contribution >= 4 is 22.6 Å². The number of imidazole rings is 1. The van der Waals surface area contributed by atoms with E-state index in [4.69, 9.17) is 16.6 Å². The Morgan fingerprint density at radius 2 is 2.17 bits per heavy atom. The Labute approximate surface area is 113 Å². The predicted octanol–water partition coefficient (Wildman–Crippen LogP) is 3.86. The minimum absolute atomic E-state index is 0.640. The molecule has 1 heterocycles. The van der Waals surface area contributed by atoms with Crippen molar-refractivity contribution in [2.75, 3.05) is 5.88 Å². The fraction of sp³-hybridized carbons (Fsp3) is 0.533. The van der Waals surface area contributed by atoms with E-state index in [0.717, 1.165) is 36.1 Å². The Balaban J connectivity index is 1.97. The highest BCUT2D eigenvalue weighted by Gasteiger charge is 2.28. The molecule has 1 aliphatic carbocycles. The lowest BCUT2D eigenvalue weighted by molar-refractivity contribution is 0.429. The average molecular weight is 263 g/mol. The highest BCUT2D eigenvalue weighted by Crippen LogP contribution is 2.37. The number of hydrogen-bond acceptors (Lipinski definition) is 1. The van der Waals surface area contributed by atoms with Crippen LogP contribution in [-0.4, -0.2) is 15.4 Å². The van der Waals surface area contributed by atoms with Crippen LogP contribution in [0.15, 0.2) is 24.3 Å². The molecule has 3 heteroatoms. The summed E-state index contributed by atoms with van der Waals surface area (Å²) in [5.74, 6) is 3.45. The molecule has 3 rings (SSSR count). The van der Waals surface area contributed by atoms with Crippen LogP contribution in [0.1, 0.15) is 25.6 Å². The second-order valence-electron chi connectivity index (χ2n) is 5.38. The number of aromatic nitrogens is 2. The second kappa shape index (κ2) is 4.93. The fourth-order valence-corrected chi connectivity index (χ4v) is 2.88. The SMILES string of the molecule is CC(Cn1c(CCCl)nc2ccccc21)C1CC1. The lowest BCUT2D eigenvalue weighted by Gasteiger charge is -2.14. The highest BCUT2D eigenvalue weighted by molar-refractivity contribution is 6.17. The van der Waals surface area contributed by atoms with Crippen molar-refractivity contribution in [2.24, 2.45) is 11.8 Å². The van der Waals surface area contributed by atoms with E-state index >= 15 is 0 Å². The summed E-state index contributed by atoms with van der Waals surface area (Å²) in [6.07, 6.45) is 3.66. The summed E-state index contributed by atoms with van der Waals surface area (Å²) in [7, 11) is 0. The Bertz CT molecular complexity index is 542. The largest absolute Gasteiger partial charge is 0.328 e. The molecule has 0 radical (unpaired) electrons. The standard InChI is InChI=1S/C15H19ClN2/c1-11(12-6-7-12)10-18-14-5-3-2-4-13(14)17-15(18)8-9-16/h2-5,11-12H,6-10H2,1H3. The van der Waals surface area contributed by atoms with E-state index in [1.54, 1.807) is 0 Å². The first-order valence-electron chi connectivity index (χ1n) is 6.79. The van der Waals surface area contributed by atoms with Crippen LogP contribution in [0, 0.1) is 11.8 Å². The van der Waals surface area contributed by atoms with E-state index in [0.29, 0.717) is 5.88 Å². The van der Waals surface area contributed by atoms with Crippen LogP contribution >= 0.6 is 11.6 Å². The molecule has 1 aliphatic rings. The number of nitrogens with zero attached hydrogens (tertiary/aromatic N) is 2. The first-order chi connectivity index (χ1) is 8.79. The van der Waals surface area contributed by atoms with E-state index in [2.05, 4.69) is 35.8 Å². The van der Waals surface area contributed by atoms with Gasteiger partial charge in [0.25, 0.3) is 0 Å². The van der Waals surface area contributed by atoms with E-state index in [1.807, 2.05) is 0 Å². The van der Waals surface area contributed by atoms with Gasteiger partial charge in [0.05, 0.1) is 11.0 Å². The topological polar surface area (TPSA) is 17.8 Å². The minimum Gasteiger partial charge on any atom is -0.328 e.